The molecule has 0 radical (unpaired) electrons. The lowest BCUT2D eigenvalue weighted by molar-refractivity contribution is -0.126. The number of nitrogens with zero attached hydrogens (tertiary/aromatic N) is 3. The quantitative estimate of drug-likeness (QED) is 0.0208. The van der Waals surface area contributed by atoms with E-state index < -0.39 is 111 Å². The Morgan fingerprint density at radius 3 is 1.07 bits per heavy atom. The van der Waals surface area contributed by atoms with Crippen molar-refractivity contribution in [2.24, 2.45) is 10.8 Å². The van der Waals surface area contributed by atoms with Gasteiger partial charge in [-0.2, -0.15) is 0 Å². The molecule has 20 nitrogen and oxygen atoms in total. The number of aromatic amines is 1. The molecular formula is C112H99ClN4O16S13Si2. The van der Waals surface area contributed by atoms with Crippen molar-refractivity contribution < 1.29 is 68.5 Å². The van der Waals surface area contributed by atoms with Crippen LogP contribution in [-0.4, -0.2) is 117 Å². The average Bonchev–Trinajstić information content (AvgIpc) is 1.47. The van der Waals surface area contributed by atoms with E-state index in [1.54, 1.807) is 199 Å². The van der Waals surface area contributed by atoms with Gasteiger partial charge in [-0.05, 0) is 199 Å². The van der Waals surface area contributed by atoms with Gasteiger partial charge in [-0.1, -0.05) is 312 Å². The third-order valence-corrected chi connectivity index (χ3v) is 43.0. The van der Waals surface area contributed by atoms with Crippen LogP contribution in [0, 0.1) is 37.5 Å². The molecule has 2 bridgehead atoms. The summed E-state index contributed by atoms with van der Waals surface area (Å²) in [7, 11) is -24.1. The summed E-state index contributed by atoms with van der Waals surface area (Å²) >= 11 is 11.5. The van der Waals surface area contributed by atoms with Gasteiger partial charge in [0.25, 0.3) is 9.05 Å². The minimum Gasteiger partial charge on any atom is -0.337 e. The first-order chi connectivity index (χ1) is 70.1. The van der Waals surface area contributed by atoms with E-state index in [9.17, 15) is 68.5 Å². The third-order valence-electron chi connectivity index (χ3n) is 23.0. The van der Waals surface area contributed by atoms with E-state index in [0.717, 1.165) is 84.8 Å². The van der Waals surface area contributed by atoms with Crippen LogP contribution >= 0.6 is 80.0 Å². The number of hydrogen-bond acceptors (Lipinski definition) is 25. The van der Waals surface area contributed by atoms with Crippen molar-refractivity contribution in [3.63, 3.8) is 0 Å². The zero-order chi connectivity index (χ0) is 107. The van der Waals surface area contributed by atoms with E-state index in [2.05, 4.69) is 101 Å². The lowest BCUT2D eigenvalue weighted by Gasteiger charge is -2.40. The molecule has 3 aliphatic carbocycles. The van der Waals surface area contributed by atoms with Crippen LogP contribution in [0.25, 0.3) is 63.2 Å². The molecule has 1 saturated carbocycles. The first-order valence-corrected chi connectivity index (χ1v) is 68.5. The Morgan fingerprint density at radius 1 is 0.372 bits per heavy atom. The number of sulfone groups is 6. The number of halogens is 1. The molecule has 0 spiro atoms. The summed E-state index contributed by atoms with van der Waals surface area (Å²) < 4.78 is 180. The molecule has 0 saturated heterocycles. The van der Waals surface area contributed by atoms with Crippen molar-refractivity contribution in [2.45, 2.75) is 115 Å². The predicted molar refractivity (Wildman–Crippen MR) is 613 cm³/mol. The number of terminal acetylenes is 1. The molecule has 148 heavy (non-hydrogen) atoms. The number of ketones is 2. The number of para-hydroxylation sites is 4. The summed E-state index contributed by atoms with van der Waals surface area (Å²) in [4.78, 5) is 44.0. The fourth-order valence-corrected chi connectivity index (χ4v) is 35.5. The number of carbonyl (C=O) groups is 2. The van der Waals surface area contributed by atoms with Crippen LogP contribution in [-0.2, 0) is 77.7 Å². The minimum absolute atomic E-state index is 0.0247. The number of rotatable bonds is 18. The third kappa shape index (κ3) is 27.2. The Kier molecular flexibility index (Phi) is 36.6. The summed E-state index contributed by atoms with van der Waals surface area (Å²) in [5.41, 5.74) is 15.1. The number of nitrogens with one attached hydrogen (secondary N) is 1. The van der Waals surface area contributed by atoms with Gasteiger partial charge in [0, 0.05) is 43.3 Å². The van der Waals surface area contributed by atoms with Gasteiger partial charge in [-0.3, -0.25) is 9.59 Å². The average molecular weight is 2270 g/mol. The summed E-state index contributed by atoms with van der Waals surface area (Å²) in [6.45, 7) is 20.8. The van der Waals surface area contributed by atoms with Gasteiger partial charge in [0.1, 0.15) is 26.6 Å². The van der Waals surface area contributed by atoms with E-state index >= 15 is 0 Å². The summed E-state index contributed by atoms with van der Waals surface area (Å²) in [5, 5.41) is 2.69. The molecular weight excluding hydrogens is 2170 g/mol. The molecule has 17 aromatic rings. The highest BCUT2D eigenvalue weighted by Crippen LogP contribution is 2.71. The topological polar surface area (TPSA) is 328 Å². The van der Waals surface area contributed by atoms with Crippen LogP contribution in [0.15, 0.2) is 440 Å². The van der Waals surface area contributed by atoms with Crippen LogP contribution < -0.4 is 0 Å². The Hall–Kier alpha value is -12.5. The van der Waals surface area contributed by atoms with Crippen molar-refractivity contribution in [1.29, 1.82) is 0 Å². The largest absolute Gasteiger partial charge is 0.337 e. The number of H-pyrrole nitrogens is 1. The number of aromatic nitrogens is 4. The number of thiazole rings is 4. The molecule has 1 fully saturated rings. The number of fused-ring (bicyclic) bond motifs is 6. The van der Waals surface area contributed by atoms with Crippen molar-refractivity contribution in [2.75, 3.05) is 0 Å². The van der Waals surface area contributed by atoms with Gasteiger partial charge < -0.3 is 4.98 Å². The second-order valence-electron chi connectivity index (χ2n) is 35.7. The van der Waals surface area contributed by atoms with Crippen molar-refractivity contribution >= 4 is 239 Å². The molecule has 756 valence electrons. The maximum Gasteiger partial charge on any atom is 0.261 e. The van der Waals surface area contributed by atoms with Crippen LogP contribution in [0.1, 0.15) is 49.9 Å². The normalized spacial score (nSPS) is 16.3. The lowest BCUT2D eigenvalue weighted by Crippen LogP contribution is -2.51. The summed E-state index contributed by atoms with van der Waals surface area (Å²) in [6, 6.07) is 108. The van der Waals surface area contributed by atoms with Gasteiger partial charge in [-0.15, -0.1) is 62.9 Å². The van der Waals surface area contributed by atoms with E-state index in [-0.39, 0.29) is 34.0 Å². The van der Waals surface area contributed by atoms with Crippen LogP contribution in [0.3, 0.4) is 0 Å². The molecule has 1 N–H and O–H groups in total. The number of Topliss-reactive ketones (excluding diaryl/α,β-unsaturated/α-hetero) is 2. The minimum atomic E-state index is -4.47. The van der Waals surface area contributed by atoms with Gasteiger partial charge in [0.15, 0.2) is 39.5 Å². The van der Waals surface area contributed by atoms with Gasteiger partial charge in [0.05, 0.1) is 76.2 Å². The smallest absolute Gasteiger partial charge is 0.261 e. The summed E-state index contributed by atoms with van der Waals surface area (Å²) in [6.07, 6.45) is 4.80. The SMILES string of the molecule is C#CS(=O)(=O)c1ccccc1.CC12C(=O)C(C)(C(c3ccccc3)=C1c1ccccc1)C(S(=O)(=O)c1nc3ccccc3s1)C2S(=O)(=O)c1ccccc1.CC1=C(c2ccccc2)C(c2ccccc2)=C(C)C1=O.C[Si](C)(C)C#C[Si](C)(C)C.O=S(=O)(/C=C\S(=O)(=O)c1nc2ccccc2s1)c1ccccc1.O=S(=O)(/C=C\Sc1nc2ccccc2s1)c1ccccc1.O=S(=O)(Cl)c1ccccc1.S=c1[nH]c2ccccc2s1. The van der Waals surface area contributed by atoms with Gasteiger partial charge in [0.2, 0.25) is 48.0 Å². The Bertz CT molecular complexity index is 8750. The molecule has 0 amide bonds. The van der Waals surface area contributed by atoms with Crippen LogP contribution in [0.2, 0.25) is 39.3 Å². The number of allylic oxidation sites excluding steroid dienone is 6. The van der Waals surface area contributed by atoms with Crippen molar-refractivity contribution in [3.8, 4) is 22.8 Å². The Labute approximate surface area is 896 Å². The molecule has 4 unspecified atom stereocenters. The predicted octanol–water partition coefficient (Wildman–Crippen LogP) is 26.7. The first-order valence-electron chi connectivity index (χ1n) is 45.4. The molecule has 36 heteroatoms. The van der Waals surface area contributed by atoms with E-state index in [4.69, 9.17) is 29.3 Å². The molecule has 4 heterocycles. The second-order valence-corrected chi connectivity index (χ2v) is 65.5. The zero-order valence-corrected chi connectivity index (χ0v) is 94.7. The van der Waals surface area contributed by atoms with Crippen molar-refractivity contribution in [3.05, 3.63) is 429 Å². The van der Waals surface area contributed by atoms with Gasteiger partial charge >= 0.3 is 0 Å². The molecule has 4 atom stereocenters. The highest BCUT2D eigenvalue weighted by Gasteiger charge is 2.78. The summed E-state index contributed by atoms with van der Waals surface area (Å²) in [5.74, 6) is -0.264. The number of benzene rings is 13. The fourth-order valence-electron chi connectivity index (χ4n) is 16.3. The van der Waals surface area contributed by atoms with Crippen LogP contribution in [0.5, 0.6) is 0 Å². The van der Waals surface area contributed by atoms with E-state index in [1.165, 1.54) is 70.4 Å². The monoisotopic (exact) mass is 2260 g/mol. The van der Waals surface area contributed by atoms with E-state index in [0.29, 0.717) is 53.7 Å². The molecule has 4 aromatic heterocycles. The van der Waals surface area contributed by atoms with Crippen LogP contribution in [0.4, 0.5) is 0 Å². The second kappa shape index (κ2) is 48.0. The Balaban J connectivity index is 0.000000151. The zero-order valence-electron chi connectivity index (χ0n) is 81.3. The first kappa shape index (κ1) is 113. The molecule has 13 aromatic carbocycles. The number of thioether (sulfide) groups is 1. The van der Waals surface area contributed by atoms with Gasteiger partial charge in [-0.25, -0.2) is 73.9 Å². The van der Waals surface area contributed by atoms with E-state index in [1.807, 2.05) is 153 Å². The lowest BCUT2D eigenvalue weighted by atomic mass is 9.72. The number of hydrogen-bond donors (Lipinski definition) is 1. The van der Waals surface area contributed by atoms with Crippen molar-refractivity contribution in [1.82, 2.24) is 19.9 Å². The highest BCUT2D eigenvalue weighted by molar-refractivity contribution is 8.13. The maximum absolute atomic E-state index is 14.9. The molecule has 3 aliphatic rings. The molecule has 20 rings (SSSR count). The fraction of sp³-hybridized carbons (Fsp3) is 0.125. The molecule has 0 aliphatic heterocycles. The standard InChI is InChI=1S/C34H27NO5S3.C19H16O.C15H11NO4S3.C15H11NO2S3.C8H6O2S.C8H18Si2.C7H5NS2.C6H5ClO2S/c1-33-27(22-14-6-3-7-15-22)28(23-16-8-4-9-17-23)34(2,31(33)36)30(29(33)42(37,38)24-18-10-5-11-19-24)43(39,40)32-35-25-20-12-13-21-26(25)41-32;1-13-17(15-9-5-3-6-10-15)18(14(2)19(13)20)16-11-7-4-8-12-16;17-22(18,12-6-2-1-3-7-12)10-11-23(19,20)15-16-13-8-4-5-9-14(13)21-15;17-21(18,12-6-2-1-3-7-12)11-10-19-15-16-13-8-4-5-9-14(13)20-15;1-2-11(9,10)8-6-4-3-5-7-8;1-9(2,3)7-8-10(4,5)6;9-7-8-5-3-1-2-4-6(5)10-7;7-10(8,9)6-4-2-1-3-5-6/h3-21,29-30H,1-2H3;3-12H,1-2H3;1-11H;1-11H;1,3-7H;1-6H3;1-4H,(H,8,9);1-5H/b;;2*11-10-;;;;. The Morgan fingerprint density at radius 2 is 0.689 bits per heavy atom. The maximum atomic E-state index is 14.9. The number of carbonyl (C=O) groups excluding carboxylic acids is 2. The highest BCUT2D eigenvalue weighted by atomic mass is 35.7.